The van der Waals surface area contributed by atoms with Crippen molar-refractivity contribution in [3.8, 4) is 0 Å². The fourth-order valence-electron chi connectivity index (χ4n) is 1.82. The molecule has 2 aromatic rings. The lowest BCUT2D eigenvalue weighted by molar-refractivity contribution is -0.387. The molecule has 1 aromatic heterocycles. The maximum Gasteiger partial charge on any atom is 0.289 e. The Kier molecular flexibility index (Phi) is 4.29. The smallest absolute Gasteiger partial charge is 0.260 e. The number of nitro benzene ring substituents is 1. The second-order valence-electron chi connectivity index (χ2n) is 4.32. The molecule has 110 valence electrons. The van der Waals surface area contributed by atoms with Gasteiger partial charge in [0.15, 0.2) is 4.90 Å². The van der Waals surface area contributed by atoms with E-state index in [1.54, 1.807) is 31.3 Å². The number of pyridine rings is 1. The molecular formula is C13H13N3O4S. The largest absolute Gasteiger partial charge is 0.289 e. The predicted octanol–water partition coefficient (Wildman–Crippen LogP) is 2.03. The second kappa shape index (κ2) is 5.98. The number of hydrogen-bond acceptors (Lipinski definition) is 5. The number of aromatic nitrogens is 1. The maximum absolute atomic E-state index is 12.3. The van der Waals surface area contributed by atoms with Crippen molar-refractivity contribution in [1.29, 1.82) is 0 Å². The van der Waals surface area contributed by atoms with E-state index in [0.717, 1.165) is 6.07 Å². The zero-order chi connectivity index (χ0) is 15.5. The Labute approximate surface area is 121 Å². The fraction of sp³-hybridized carbons (Fsp3) is 0.154. The van der Waals surface area contributed by atoms with Crippen molar-refractivity contribution in [1.82, 2.24) is 9.71 Å². The first-order valence-electron chi connectivity index (χ1n) is 6.08. The lowest BCUT2D eigenvalue weighted by atomic mass is 10.2. The summed E-state index contributed by atoms with van der Waals surface area (Å²) in [6.45, 7) is 1.62. The minimum Gasteiger partial charge on any atom is -0.260 e. The van der Waals surface area contributed by atoms with Crippen LogP contribution in [0.1, 0.15) is 18.7 Å². The molecule has 0 fully saturated rings. The minimum absolute atomic E-state index is 0.363. The molecule has 0 unspecified atom stereocenters. The first-order valence-corrected chi connectivity index (χ1v) is 7.57. The van der Waals surface area contributed by atoms with Crippen LogP contribution in [0.3, 0.4) is 0 Å². The van der Waals surface area contributed by atoms with Gasteiger partial charge in [-0.05, 0) is 25.1 Å². The van der Waals surface area contributed by atoms with E-state index in [1.165, 1.54) is 18.2 Å². The Morgan fingerprint density at radius 3 is 2.48 bits per heavy atom. The number of benzene rings is 1. The summed E-state index contributed by atoms with van der Waals surface area (Å²) in [5.74, 6) is 0. The van der Waals surface area contributed by atoms with Gasteiger partial charge in [-0.3, -0.25) is 15.1 Å². The van der Waals surface area contributed by atoms with Crippen LogP contribution in [0.25, 0.3) is 0 Å². The number of para-hydroxylation sites is 1. The number of nitrogens with zero attached hydrogens (tertiary/aromatic N) is 2. The molecule has 21 heavy (non-hydrogen) atoms. The molecule has 7 nitrogen and oxygen atoms in total. The maximum atomic E-state index is 12.3. The van der Waals surface area contributed by atoms with E-state index >= 15 is 0 Å². The van der Waals surface area contributed by atoms with Crippen LogP contribution >= 0.6 is 0 Å². The van der Waals surface area contributed by atoms with Gasteiger partial charge >= 0.3 is 0 Å². The van der Waals surface area contributed by atoms with Crippen LogP contribution in [0, 0.1) is 10.1 Å². The first kappa shape index (κ1) is 15.1. The third-order valence-electron chi connectivity index (χ3n) is 2.81. The summed E-state index contributed by atoms with van der Waals surface area (Å²) in [6, 6.07) is 9.73. The Hall–Kier alpha value is -2.32. The van der Waals surface area contributed by atoms with E-state index in [4.69, 9.17) is 0 Å². The molecule has 0 aliphatic carbocycles. The van der Waals surface area contributed by atoms with Crippen LogP contribution in [0.5, 0.6) is 0 Å². The Bertz CT molecular complexity index is 747. The Morgan fingerprint density at radius 2 is 1.86 bits per heavy atom. The van der Waals surface area contributed by atoms with Gasteiger partial charge in [0.25, 0.3) is 5.69 Å². The van der Waals surface area contributed by atoms with Crippen LogP contribution in [-0.2, 0) is 10.0 Å². The standard InChI is InChI=1S/C13H13N3O4S/c1-10(11-6-4-5-9-14-11)15-21(19,20)13-8-3-2-7-12(13)16(17)18/h2-10,15H,1H3/t10-/m1/s1. The monoisotopic (exact) mass is 307 g/mol. The van der Waals surface area contributed by atoms with Gasteiger partial charge in [0.1, 0.15) is 0 Å². The molecule has 0 spiro atoms. The molecular weight excluding hydrogens is 294 g/mol. The highest BCUT2D eigenvalue weighted by Crippen LogP contribution is 2.24. The molecule has 1 heterocycles. The third kappa shape index (κ3) is 3.41. The van der Waals surface area contributed by atoms with Gasteiger partial charge in [-0.1, -0.05) is 18.2 Å². The molecule has 1 aromatic carbocycles. The van der Waals surface area contributed by atoms with E-state index in [9.17, 15) is 18.5 Å². The summed E-state index contributed by atoms with van der Waals surface area (Å²) < 4.78 is 27.0. The normalized spacial score (nSPS) is 12.8. The molecule has 8 heteroatoms. The van der Waals surface area contributed by atoms with Crippen molar-refractivity contribution in [2.75, 3.05) is 0 Å². The molecule has 0 saturated carbocycles. The van der Waals surface area contributed by atoms with Crippen molar-refractivity contribution < 1.29 is 13.3 Å². The van der Waals surface area contributed by atoms with Crippen LogP contribution in [0.15, 0.2) is 53.6 Å². The molecule has 1 atom stereocenters. The topological polar surface area (TPSA) is 102 Å². The van der Waals surface area contributed by atoms with Crippen molar-refractivity contribution in [2.45, 2.75) is 17.9 Å². The predicted molar refractivity (Wildman–Crippen MR) is 76.1 cm³/mol. The SMILES string of the molecule is C[C@@H](NS(=O)(=O)c1ccccc1[N+](=O)[O-])c1ccccn1. The van der Waals surface area contributed by atoms with Gasteiger partial charge in [0, 0.05) is 12.3 Å². The number of nitrogens with one attached hydrogen (secondary N) is 1. The second-order valence-corrected chi connectivity index (χ2v) is 6.00. The van der Waals surface area contributed by atoms with Crippen molar-refractivity contribution >= 4 is 15.7 Å². The molecule has 2 rings (SSSR count). The molecule has 0 saturated heterocycles. The highest BCUT2D eigenvalue weighted by molar-refractivity contribution is 7.89. The number of rotatable bonds is 5. The van der Waals surface area contributed by atoms with Gasteiger partial charge in [0.05, 0.1) is 16.7 Å². The quantitative estimate of drug-likeness (QED) is 0.672. The molecule has 0 amide bonds. The highest BCUT2D eigenvalue weighted by atomic mass is 32.2. The Morgan fingerprint density at radius 1 is 1.19 bits per heavy atom. The lowest BCUT2D eigenvalue weighted by Crippen LogP contribution is -2.28. The summed E-state index contributed by atoms with van der Waals surface area (Å²) in [5, 5.41) is 10.9. The fourth-order valence-corrected chi connectivity index (χ4v) is 3.21. The number of sulfonamides is 1. The lowest BCUT2D eigenvalue weighted by Gasteiger charge is -2.13. The summed E-state index contributed by atoms with van der Waals surface area (Å²) in [5.41, 5.74) is 0.0675. The molecule has 0 radical (unpaired) electrons. The van der Waals surface area contributed by atoms with E-state index in [2.05, 4.69) is 9.71 Å². The average Bonchev–Trinajstić information content (AvgIpc) is 2.47. The molecule has 1 N–H and O–H groups in total. The zero-order valence-electron chi connectivity index (χ0n) is 11.1. The highest BCUT2D eigenvalue weighted by Gasteiger charge is 2.27. The molecule has 0 bridgehead atoms. The van der Waals surface area contributed by atoms with Gasteiger partial charge in [-0.2, -0.15) is 0 Å². The first-order chi connectivity index (χ1) is 9.92. The Balaban J connectivity index is 2.34. The van der Waals surface area contributed by atoms with Crippen molar-refractivity contribution in [3.63, 3.8) is 0 Å². The summed E-state index contributed by atoms with van der Waals surface area (Å²) in [6.07, 6.45) is 1.55. The molecule has 0 aliphatic rings. The van der Waals surface area contributed by atoms with E-state index in [0.29, 0.717) is 5.69 Å². The van der Waals surface area contributed by atoms with Crippen LogP contribution in [0.2, 0.25) is 0 Å². The zero-order valence-corrected chi connectivity index (χ0v) is 11.9. The van der Waals surface area contributed by atoms with Crippen LogP contribution < -0.4 is 4.72 Å². The van der Waals surface area contributed by atoms with Gasteiger partial charge < -0.3 is 0 Å². The summed E-state index contributed by atoms with van der Waals surface area (Å²) in [4.78, 5) is 13.9. The van der Waals surface area contributed by atoms with Crippen molar-refractivity contribution in [3.05, 3.63) is 64.5 Å². The van der Waals surface area contributed by atoms with Crippen molar-refractivity contribution in [2.24, 2.45) is 0 Å². The van der Waals surface area contributed by atoms with E-state index in [-0.39, 0.29) is 4.90 Å². The molecule has 0 aliphatic heterocycles. The van der Waals surface area contributed by atoms with Crippen LogP contribution in [0.4, 0.5) is 5.69 Å². The average molecular weight is 307 g/mol. The van der Waals surface area contributed by atoms with Gasteiger partial charge in [-0.15, -0.1) is 0 Å². The summed E-state index contributed by atoms with van der Waals surface area (Å²) >= 11 is 0. The van der Waals surface area contributed by atoms with E-state index in [1.807, 2.05) is 0 Å². The number of nitro groups is 1. The summed E-state index contributed by atoms with van der Waals surface area (Å²) in [7, 11) is -4.02. The van der Waals surface area contributed by atoms with Crippen LogP contribution in [-0.4, -0.2) is 18.3 Å². The minimum atomic E-state index is -4.02. The van der Waals surface area contributed by atoms with Gasteiger partial charge in [-0.25, -0.2) is 13.1 Å². The number of hydrogen-bond donors (Lipinski definition) is 1. The van der Waals surface area contributed by atoms with E-state index < -0.39 is 26.7 Å². The third-order valence-corrected chi connectivity index (χ3v) is 4.40. The van der Waals surface area contributed by atoms with Gasteiger partial charge in [0.2, 0.25) is 10.0 Å².